The molecule has 1 heterocycles. The normalized spacial score (nSPS) is 8.11. The minimum absolute atomic E-state index is 0. The smallest absolute Gasteiger partial charge is 0.104 e. The molecule has 9 heavy (non-hydrogen) atoms. The van der Waals surface area contributed by atoms with Gasteiger partial charge in [-0.3, -0.25) is 0 Å². The first kappa shape index (κ1) is 9.27. The molecule has 0 aliphatic carbocycles. The molecule has 1 rings (SSSR count). The zero-order chi connectivity index (χ0) is 5.98. The van der Waals surface area contributed by atoms with E-state index in [4.69, 9.17) is 17.3 Å². The van der Waals surface area contributed by atoms with Crippen molar-refractivity contribution >= 4 is 17.5 Å². The molecule has 0 aromatic carbocycles. The van der Waals surface area contributed by atoms with Gasteiger partial charge in [0, 0.05) is 37.9 Å². The Morgan fingerprint density at radius 2 is 2.33 bits per heavy atom. The van der Waals surface area contributed by atoms with E-state index in [9.17, 15) is 0 Å². The Labute approximate surface area is 82.9 Å². The van der Waals surface area contributed by atoms with E-state index in [1.54, 1.807) is 0 Å². The van der Waals surface area contributed by atoms with Gasteiger partial charge in [0.2, 0.25) is 0 Å². The van der Waals surface area contributed by atoms with Crippen LogP contribution in [0.3, 0.4) is 0 Å². The SMILES string of the molecule is Nc1n[c-]cc(Cl)n1.[Y]. The maximum atomic E-state index is 5.38. The number of aromatic nitrogens is 2. The summed E-state index contributed by atoms with van der Waals surface area (Å²) in [5, 5.41) is 0.317. The molecule has 1 aromatic heterocycles. The van der Waals surface area contributed by atoms with E-state index >= 15 is 0 Å². The largest absolute Gasteiger partial charge is 0.420 e. The van der Waals surface area contributed by atoms with E-state index in [0.717, 1.165) is 0 Å². The summed E-state index contributed by atoms with van der Waals surface area (Å²) < 4.78 is 0. The van der Waals surface area contributed by atoms with Crippen molar-refractivity contribution < 1.29 is 32.7 Å². The Hall–Kier alpha value is 0.274. The van der Waals surface area contributed by atoms with Crippen LogP contribution in [0.2, 0.25) is 5.15 Å². The van der Waals surface area contributed by atoms with Gasteiger partial charge in [-0.2, -0.15) is 0 Å². The summed E-state index contributed by atoms with van der Waals surface area (Å²) in [5.74, 6) is 0.150. The average molecular weight is 217 g/mol. The Balaban J connectivity index is 0.000000640. The topological polar surface area (TPSA) is 51.8 Å². The van der Waals surface area contributed by atoms with E-state index in [1.165, 1.54) is 6.07 Å². The van der Waals surface area contributed by atoms with Crippen LogP contribution in [0.1, 0.15) is 0 Å². The molecule has 45 valence electrons. The minimum Gasteiger partial charge on any atom is -0.420 e. The van der Waals surface area contributed by atoms with Gasteiger partial charge in [-0.05, 0) is 0 Å². The molecular formula is C4H3ClN3Y-. The van der Waals surface area contributed by atoms with Crippen LogP contribution in [0.25, 0.3) is 0 Å². The van der Waals surface area contributed by atoms with Gasteiger partial charge in [0.25, 0.3) is 0 Å². The van der Waals surface area contributed by atoms with Crippen molar-refractivity contribution in [2.45, 2.75) is 0 Å². The van der Waals surface area contributed by atoms with Gasteiger partial charge in [-0.25, -0.2) is 0 Å². The standard InChI is InChI=1S/C4H3ClN3.Y/c5-3-1-2-7-4(6)8-3;/h1H,(H2,6,7,8);/q-1;. The Bertz CT molecular complexity index is 176. The molecule has 0 aliphatic rings. The molecule has 1 radical (unpaired) electrons. The monoisotopic (exact) mass is 217 g/mol. The van der Waals surface area contributed by atoms with Crippen molar-refractivity contribution in [3.8, 4) is 0 Å². The van der Waals surface area contributed by atoms with Crippen molar-refractivity contribution in [3.05, 3.63) is 17.4 Å². The number of hydrogen-bond acceptors (Lipinski definition) is 3. The number of halogens is 1. The number of anilines is 1. The first-order valence-corrected chi connectivity index (χ1v) is 2.33. The van der Waals surface area contributed by atoms with E-state index in [-0.39, 0.29) is 38.7 Å². The molecular weight excluding hydrogens is 214 g/mol. The molecule has 2 N–H and O–H groups in total. The van der Waals surface area contributed by atoms with Crippen LogP contribution in [0.4, 0.5) is 5.95 Å². The molecule has 0 spiro atoms. The van der Waals surface area contributed by atoms with Crippen LogP contribution in [-0.4, -0.2) is 9.97 Å². The molecule has 0 aliphatic heterocycles. The molecule has 0 fully saturated rings. The Morgan fingerprint density at radius 1 is 1.67 bits per heavy atom. The summed E-state index contributed by atoms with van der Waals surface area (Å²) in [5.41, 5.74) is 5.12. The zero-order valence-corrected chi connectivity index (χ0v) is 8.10. The molecule has 3 nitrogen and oxygen atoms in total. The molecule has 0 bridgehead atoms. The first-order valence-electron chi connectivity index (χ1n) is 1.95. The fourth-order valence-electron chi connectivity index (χ4n) is 0.318. The molecule has 0 saturated heterocycles. The average Bonchev–Trinajstić information content (AvgIpc) is 1.64. The van der Waals surface area contributed by atoms with E-state index in [2.05, 4.69) is 16.2 Å². The fourth-order valence-corrected chi connectivity index (χ4v) is 0.454. The van der Waals surface area contributed by atoms with Crippen molar-refractivity contribution in [1.82, 2.24) is 9.97 Å². The van der Waals surface area contributed by atoms with Gasteiger partial charge >= 0.3 is 0 Å². The second kappa shape index (κ2) is 4.15. The summed E-state index contributed by atoms with van der Waals surface area (Å²) in [6.07, 6.45) is 2.46. The van der Waals surface area contributed by atoms with E-state index < -0.39 is 0 Å². The predicted octanol–water partition coefficient (Wildman–Crippen LogP) is 0.510. The molecule has 0 amide bonds. The second-order valence-electron chi connectivity index (χ2n) is 1.18. The maximum absolute atomic E-state index is 5.38. The summed E-state index contributed by atoms with van der Waals surface area (Å²) >= 11 is 5.38. The molecule has 0 unspecified atom stereocenters. The number of rotatable bonds is 0. The van der Waals surface area contributed by atoms with Crippen LogP contribution in [0, 0.1) is 6.20 Å². The minimum atomic E-state index is 0. The molecule has 1 aromatic rings. The van der Waals surface area contributed by atoms with Crippen molar-refractivity contribution in [2.75, 3.05) is 5.73 Å². The zero-order valence-electron chi connectivity index (χ0n) is 4.50. The number of nitrogens with zero attached hydrogens (tertiary/aromatic N) is 2. The first-order chi connectivity index (χ1) is 3.79. The van der Waals surface area contributed by atoms with Gasteiger partial charge in [0.15, 0.2) is 0 Å². The van der Waals surface area contributed by atoms with Crippen molar-refractivity contribution in [3.63, 3.8) is 0 Å². The van der Waals surface area contributed by atoms with E-state index in [0.29, 0.717) is 5.15 Å². The quantitative estimate of drug-likeness (QED) is 0.509. The van der Waals surface area contributed by atoms with Crippen LogP contribution in [-0.2, 0) is 32.7 Å². The third-order valence-electron chi connectivity index (χ3n) is 0.584. The predicted molar refractivity (Wildman–Crippen MR) is 30.3 cm³/mol. The Morgan fingerprint density at radius 3 is 2.67 bits per heavy atom. The Kier molecular flexibility index (Phi) is 4.27. The van der Waals surface area contributed by atoms with E-state index in [1.807, 2.05) is 0 Å². The molecule has 5 heteroatoms. The van der Waals surface area contributed by atoms with Gasteiger partial charge in [0.05, 0.1) is 0 Å². The van der Waals surface area contributed by atoms with Crippen LogP contribution >= 0.6 is 11.6 Å². The van der Waals surface area contributed by atoms with Crippen LogP contribution < -0.4 is 5.73 Å². The fraction of sp³-hybridized carbons (Fsp3) is 0. The second-order valence-corrected chi connectivity index (χ2v) is 1.57. The van der Waals surface area contributed by atoms with Crippen LogP contribution in [0.15, 0.2) is 6.07 Å². The number of hydrogen-bond donors (Lipinski definition) is 1. The van der Waals surface area contributed by atoms with Gasteiger partial charge in [-0.15, -0.1) is 17.7 Å². The molecule has 0 atom stereocenters. The third-order valence-corrected chi connectivity index (χ3v) is 0.778. The summed E-state index contributed by atoms with van der Waals surface area (Å²) in [6, 6.07) is 1.44. The molecule has 0 saturated carbocycles. The summed E-state index contributed by atoms with van der Waals surface area (Å²) in [7, 11) is 0. The van der Waals surface area contributed by atoms with Crippen LogP contribution in [0.5, 0.6) is 0 Å². The van der Waals surface area contributed by atoms with Gasteiger partial charge < -0.3 is 15.7 Å². The summed E-state index contributed by atoms with van der Waals surface area (Å²) in [4.78, 5) is 7.07. The maximum Gasteiger partial charge on any atom is 0.104 e. The number of nitrogen functional groups attached to an aromatic ring is 1. The van der Waals surface area contributed by atoms with Crippen molar-refractivity contribution in [2.24, 2.45) is 0 Å². The van der Waals surface area contributed by atoms with Gasteiger partial charge in [0.1, 0.15) is 5.95 Å². The van der Waals surface area contributed by atoms with Gasteiger partial charge in [-0.1, -0.05) is 6.20 Å². The summed E-state index contributed by atoms with van der Waals surface area (Å²) in [6.45, 7) is 0. The number of nitrogens with two attached hydrogens (primary N) is 1. The van der Waals surface area contributed by atoms with Crippen molar-refractivity contribution in [1.29, 1.82) is 0 Å². The third kappa shape index (κ3) is 3.09.